The van der Waals surface area contributed by atoms with Gasteiger partial charge < -0.3 is 11.7 Å². The second-order valence-electron chi connectivity index (χ2n) is 11.6. The van der Waals surface area contributed by atoms with Gasteiger partial charge >= 0.3 is 0 Å². The molecule has 4 N–H and O–H groups in total. The fourth-order valence-corrected chi connectivity index (χ4v) is 13.4. The molecule has 226 valence electrons. The van der Waals surface area contributed by atoms with E-state index in [9.17, 15) is 0 Å². The maximum absolute atomic E-state index is 6.20. The van der Waals surface area contributed by atoms with E-state index in [0.29, 0.717) is 0 Å². The van der Waals surface area contributed by atoms with Gasteiger partial charge in [-0.15, -0.1) is 68.0 Å². The van der Waals surface area contributed by atoms with Gasteiger partial charge in [0.2, 0.25) is 0 Å². The van der Waals surface area contributed by atoms with Crippen LogP contribution in [0.4, 0.5) is 0 Å². The number of hydrogen-bond donors (Lipinski definition) is 2. The van der Waals surface area contributed by atoms with Gasteiger partial charge in [0.1, 0.15) is 0 Å². The Labute approximate surface area is 288 Å². The average molecular weight is 707 g/mol. The SMILES string of the molecule is Cc1ccc(-c2ccc(-c3cc4/c(=N/N)c5c(C)c6c(c(C)c5c4s3)/c(=N\N)c3cc(-c4ccc(-c5ccc(C)s5)s4)sc36)s2)s1. The topological polar surface area (TPSA) is 76.8 Å². The lowest BCUT2D eigenvalue weighted by Gasteiger charge is -2.07. The van der Waals surface area contributed by atoms with E-state index in [2.05, 4.69) is 98.6 Å². The number of aryl methyl sites for hydroxylation is 4. The van der Waals surface area contributed by atoms with Crippen LogP contribution in [0, 0.1) is 27.7 Å². The van der Waals surface area contributed by atoms with E-state index in [4.69, 9.17) is 11.7 Å². The van der Waals surface area contributed by atoms with Crippen LogP contribution < -0.4 is 22.4 Å². The zero-order valence-corrected chi connectivity index (χ0v) is 30.2. The Balaban J connectivity index is 1.24. The normalized spacial score (nSPS) is 13.2. The van der Waals surface area contributed by atoms with Crippen LogP contribution in [0.25, 0.3) is 80.7 Å². The molecule has 46 heavy (non-hydrogen) atoms. The van der Waals surface area contributed by atoms with Crippen molar-refractivity contribution in [2.24, 2.45) is 21.9 Å². The number of nitrogens with zero attached hydrogens (tertiary/aromatic N) is 2. The van der Waals surface area contributed by atoms with Crippen molar-refractivity contribution in [1.82, 2.24) is 0 Å². The summed E-state index contributed by atoms with van der Waals surface area (Å²) in [5.74, 6) is 12.4. The third-order valence-corrected chi connectivity index (χ3v) is 16.1. The van der Waals surface area contributed by atoms with Gasteiger partial charge in [0, 0.05) is 90.5 Å². The molecular formula is C36H26N4S6. The van der Waals surface area contributed by atoms with Crippen molar-refractivity contribution in [1.29, 1.82) is 0 Å². The molecule has 0 radical (unpaired) electrons. The van der Waals surface area contributed by atoms with Gasteiger partial charge in [0.25, 0.3) is 0 Å². The highest BCUT2D eigenvalue weighted by Crippen LogP contribution is 2.48. The molecule has 0 saturated heterocycles. The number of benzene rings is 1. The summed E-state index contributed by atoms with van der Waals surface area (Å²) < 4.78 is 2.45. The highest BCUT2D eigenvalue weighted by molar-refractivity contribution is 7.30. The summed E-state index contributed by atoms with van der Waals surface area (Å²) >= 11 is 11.0. The highest BCUT2D eigenvalue weighted by Gasteiger charge is 2.25. The molecule has 3 aromatic carbocycles. The van der Waals surface area contributed by atoms with Gasteiger partial charge in [0.05, 0.1) is 10.7 Å². The van der Waals surface area contributed by atoms with Crippen LogP contribution in [0.3, 0.4) is 0 Å². The highest BCUT2D eigenvalue weighted by atomic mass is 32.1. The second kappa shape index (κ2) is 10.4. The van der Waals surface area contributed by atoms with Gasteiger partial charge in [-0.1, -0.05) is 0 Å². The Morgan fingerprint density at radius 2 is 0.761 bits per heavy atom. The van der Waals surface area contributed by atoms with Crippen molar-refractivity contribution in [3.8, 4) is 39.0 Å². The predicted octanol–water partition coefficient (Wildman–Crippen LogP) is 11.0. The summed E-state index contributed by atoms with van der Waals surface area (Å²) in [6.45, 7) is 8.73. The fraction of sp³-hybridized carbons (Fsp3) is 0.111. The van der Waals surface area contributed by atoms with Crippen molar-refractivity contribution < 1.29 is 0 Å². The van der Waals surface area contributed by atoms with Gasteiger partial charge in [-0.3, -0.25) is 0 Å². The lowest BCUT2D eigenvalue weighted by molar-refractivity contribution is 1.17. The molecule has 6 heterocycles. The number of fused-ring (bicyclic) bond motifs is 6. The summed E-state index contributed by atoms with van der Waals surface area (Å²) in [4.78, 5) is 12.9. The molecule has 10 heteroatoms. The first-order valence-corrected chi connectivity index (χ1v) is 19.6. The molecule has 6 aromatic heterocycles. The second-order valence-corrected chi connectivity index (χ2v) is 18.4. The monoisotopic (exact) mass is 706 g/mol. The van der Waals surface area contributed by atoms with E-state index in [1.807, 2.05) is 68.0 Å². The quantitative estimate of drug-likeness (QED) is 0.141. The largest absolute Gasteiger partial charge is 0.323 e. The maximum atomic E-state index is 6.20. The van der Waals surface area contributed by atoms with Gasteiger partial charge in [-0.2, -0.15) is 10.2 Å². The summed E-state index contributed by atoms with van der Waals surface area (Å²) in [6, 6.07) is 22.3. The Morgan fingerprint density at radius 1 is 0.413 bits per heavy atom. The maximum Gasteiger partial charge on any atom is 0.0995 e. The van der Waals surface area contributed by atoms with Crippen LogP contribution >= 0.6 is 68.0 Å². The Morgan fingerprint density at radius 3 is 1.11 bits per heavy atom. The first kappa shape index (κ1) is 28.6. The molecule has 0 bridgehead atoms. The fourth-order valence-electron chi connectivity index (χ4n) is 6.78. The van der Waals surface area contributed by atoms with E-state index in [1.54, 1.807) is 0 Å². The number of rotatable bonds is 4. The standard InChI is InChI=1S/C36H26N4S6/c1-15-5-7-21(41-15)23-9-11-25(43-23)27-13-19-33(39-37)29-18(4)32-30(17(3)31(29)35(19)45-27)34(40-38)20-14-28(46-36(20)32)26-12-10-24(44-26)22-8-6-16(2)42-22/h5-14H,37-38H2,1-4H3/b39-33-,40-34-. The molecule has 0 aliphatic rings. The average Bonchev–Trinajstić information content (AvgIpc) is 3.86. The van der Waals surface area contributed by atoms with E-state index < -0.39 is 0 Å². The van der Waals surface area contributed by atoms with Crippen LogP contribution in [0.15, 0.2) is 70.9 Å². The van der Waals surface area contributed by atoms with Gasteiger partial charge in [-0.25, -0.2) is 0 Å². The molecule has 0 aliphatic heterocycles. The third-order valence-electron chi connectivity index (χ3n) is 8.82. The number of thiophene rings is 6. The van der Waals surface area contributed by atoms with Crippen LogP contribution in [0.5, 0.6) is 0 Å². The van der Waals surface area contributed by atoms with Crippen LogP contribution in [-0.4, -0.2) is 0 Å². The van der Waals surface area contributed by atoms with Crippen LogP contribution in [0.2, 0.25) is 0 Å². The van der Waals surface area contributed by atoms with E-state index in [1.165, 1.54) is 80.1 Å². The molecule has 0 atom stereocenters. The van der Waals surface area contributed by atoms with Crippen LogP contribution in [0.1, 0.15) is 20.9 Å². The van der Waals surface area contributed by atoms with Crippen molar-refractivity contribution in [2.75, 3.05) is 0 Å². The van der Waals surface area contributed by atoms with Crippen molar-refractivity contribution in [3.05, 3.63) is 92.3 Å². The molecule has 0 saturated carbocycles. The molecule has 9 aromatic rings. The molecule has 0 spiro atoms. The molecule has 0 aliphatic carbocycles. The minimum atomic E-state index is 0.868. The molecule has 9 rings (SSSR count). The van der Waals surface area contributed by atoms with Gasteiger partial charge in [-0.05, 0) is 99.5 Å². The zero-order chi connectivity index (χ0) is 31.4. The summed E-state index contributed by atoms with van der Waals surface area (Å²) in [7, 11) is 0. The lowest BCUT2D eigenvalue weighted by atomic mass is 9.98. The summed E-state index contributed by atoms with van der Waals surface area (Å²) in [6.07, 6.45) is 0. The summed E-state index contributed by atoms with van der Waals surface area (Å²) in [5.41, 5.74) is 2.37. The molecule has 0 fully saturated rings. The lowest BCUT2D eigenvalue weighted by Crippen LogP contribution is -2.07. The zero-order valence-electron chi connectivity index (χ0n) is 25.3. The van der Waals surface area contributed by atoms with Crippen molar-refractivity contribution in [2.45, 2.75) is 27.7 Å². The molecule has 0 unspecified atom stereocenters. The Kier molecular flexibility index (Phi) is 6.48. The van der Waals surface area contributed by atoms with Crippen molar-refractivity contribution >= 4 is 110 Å². The Bertz CT molecular complexity index is 2590. The molecular weight excluding hydrogens is 681 g/mol. The van der Waals surface area contributed by atoms with E-state index >= 15 is 0 Å². The van der Waals surface area contributed by atoms with E-state index in [0.717, 1.165) is 32.3 Å². The first-order valence-electron chi connectivity index (χ1n) is 14.7. The van der Waals surface area contributed by atoms with E-state index in [-0.39, 0.29) is 0 Å². The van der Waals surface area contributed by atoms with Gasteiger partial charge in [0.15, 0.2) is 0 Å². The third kappa shape index (κ3) is 4.04. The number of hydrogen-bond acceptors (Lipinski definition) is 10. The minimum absolute atomic E-state index is 0.868. The minimum Gasteiger partial charge on any atom is -0.323 e. The predicted molar refractivity (Wildman–Crippen MR) is 206 cm³/mol. The Hall–Kier alpha value is -3.64. The first-order chi connectivity index (χ1) is 22.3. The van der Waals surface area contributed by atoms with Crippen molar-refractivity contribution in [3.63, 3.8) is 0 Å². The smallest absolute Gasteiger partial charge is 0.0995 e. The molecule has 0 amide bonds. The molecule has 4 nitrogen and oxygen atoms in total. The van der Waals surface area contributed by atoms with Crippen LogP contribution in [-0.2, 0) is 0 Å². The summed E-state index contributed by atoms with van der Waals surface area (Å²) in [5, 5.41) is 17.5. The number of nitrogens with two attached hydrogens (primary N) is 2.